The van der Waals surface area contributed by atoms with Crippen molar-refractivity contribution < 1.29 is 28.2 Å². The third kappa shape index (κ3) is 3.46. The lowest BCUT2D eigenvalue weighted by Gasteiger charge is -2.26. The first-order valence-corrected chi connectivity index (χ1v) is 8.05. The molecule has 1 aromatic heterocycles. The van der Waals surface area contributed by atoms with E-state index in [0.29, 0.717) is 32.0 Å². The molecule has 0 radical (unpaired) electrons. The van der Waals surface area contributed by atoms with Gasteiger partial charge in [-0.2, -0.15) is 4.39 Å². The largest absolute Gasteiger partial charge is 0.479 e. The van der Waals surface area contributed by atoms with Gasteiger partial charge >= 0.3 is 5.97 Å². The highest BCUT2D eigenvalue weighted by molar-refractivity contribution is 7.14. The molecule has 128 valence electrons. The van der Waals surface area contributed by atoms with E-state index < -0.39 is 30.0 Å². The van der Waals surface area contributed by atoms with Crippen LogP contribution in [0, 0.1) is 11.6 Å². The molecule has 2 heterocycles. The number of thiazole rings is 1. The topological polar surface area (TPSA) is 71.9 Å². The number of carboxylic acid groups (broad SMARTS) is 1. The van der Waals surface area contributed by atoms with Crippen LogP contribution < -0.4 is 9.64 Å². The van der Waals surface area contributed by atoms with Gasteiger partial charge in [0.2, 0.25) is 5.82 Å². The van der Waals surface area contributed by atoms with Crippen LogP contribution >= 0.6 is 11.3 Å². The molecule has 1 aromatic carbocycles. The molecule has 2 aromatic rings. The van der Waals surface area contributed by atoms with Crippen molar-refractivity contribution in [2.75, 3.05) is 37.8 Å². The zero-order chi connectivity index (χ0) is 17.1. The van der Waals surface area contributed by atoms with Crippen LogP contribution in [0.1, 0.15) is 0 Å². The second-order valence-corrected chi connectivity index (χ2v) is 5.87. The molecule has 9 heteroatoms. The van der Waals surface area contributed by atoms with E-state index in [2.05, 4.69) is 4.98 Å². The molecule has 1 saturated heterocycles. The Kier molecular flexibility index (Phi) is 4.91. The molecule has 1 aliphatic rings. The Morgan fingerprint density at radius 3 is 2.83 bits per heavy atom. The molecular weight excluding hydrogens is 342 g/mol. The molecule has 0 spiro atoms. The van der Waals surface area contributed by atoms with Gasteiger partial charge in [-0.25, -0.2) is 14.2 Å². The Morgan fingerprint density at radius 2 is 2.12 bits per heavy atom. The lowest BCUT2D eigenvalue weighted by molar-refractivity contribution is -0.139. The Hall–Kier alpha value is -2.26. The van der Waals surface area contributed by atoms with E-state index in [1.165, 1.54) is 17.4 Å². The molecule has 6 nitrogen and oxygen atoms in total. The van der Waals surface area contributed by atoms with E-state index in [-0.39, 0.29) is 5.56 Å². The van der Waals surface area contributed by atoms with Crippen molar-refractivity contribution in [3.63, 3.8) is 0 Å². The average molecular weight is 356 g/mol. The van der Waals surface area contributed by atoms with Crippen LogP contribution in [0.15, 0.2) is 17.5 Å². The van der Waals surface area contributed by atoms with E-state index in [4.69, 9.17) is 14.6 Å². The minimum Gasteiger partial charge on any atom is -0.479 e. The predicted octanol–water partition coefficient (Wildman–Crippen LogP) is 2.39. The minimum atomic E-state index is -1.28. The van der Waals surface area contributed by atoms with Crippen LogP contribution in [-0.2, 0) is 9.53 Å². The predicted molar refractivity (Wildman–Crippen MR) is 83.6 cm³/mol. The third-order valence-electron chi connectivity index (χ3n) is 3.44. The number of anilines is 1. The number of rotatable bonds is 5. The highest BCUT2D eigenvalue weighted by Crippen LogP contribution is 2.36. The second kappa shape index (κ2) is 7.10. The summed E-state index contributed by atoms with van der Waals surface area (Å²) in [5.74, 6) is -4.06. The van der Waals surface area contributed by atoms with E-state index in [9.17, 15) is 13.6 Å². The highest BCUT2D eigenvalue weighted by atomic mass is 32.1. The summed E-state index contributed by atoms with van der Waals surface area (Å²) in [6, 6.07) is 2.29. The Labute approximate surface area is 140 Å². The summed E-state index contributed by atoms with van der Waals surface area (Å²) in [5, 5.41) is 11.1. The number of aliphatic carboxylic acids is 1. The maximum Gasteiger partial charge on any atom is 0.341 e. The van der Waals surface area contributed by atoms with Crippen molar-refractivity contribution in [1.82, 2.24) is 4.98 Å². The van der Waals surface area contributed by atoms with Gasteiger partial charge in [0, 0.05) is 24.0 Å². The molecule has 0 amide bonds. The van der Waals surface area contributed by atoms with Crippen LogP contribution in [0.4, 0.5) is 13.9 Å². The van der Waals surface area contributed by atoms with Crippen LogP contribution in [0.25, 0.3) is 11.3 Å². The molecule has 0 unspecified atom stereocenters. The van der Waals surface area contributed by atoms with Crippen LogP contribution in [0.3, 0.4) is 0 Å². The molecule has 1 N–H and O–H groups in total. The summed E-state index contributed by atoms with van der Waals surface area (Å²) in [5.41, 5.74) is 0.617. The van der Waals surface area contributed by atoms with Gasteiger partial charge in [0.25, 0.3) is 0 Å². The minimum absolute atomic E-state index is 0.214. The lowest BCUT2D eigenvalue weighted by Crippen LogP contribution is -2.36. The molecule has 24 heavy (non-hydrogen) atoms. The molecule has 1 fully saturated rings. The fraction of sp³-hybridized carbons (Fsp3) is 0.333. The first-order valence-electron chi connectivity index (χ1n) is 7.17. The number of benzene rings is 1. The molecule has 0 saturated carbocycles. The van der Waals surface area contributed by atoms with E-state index in [1.807, 2.05) is 4.90 Å². The first-order chi connectivity index (χ1) is 11.6. The maximum absolute atomic E-state index is 14.0. The zero-order valence-corrected chi connectivity index (χ0v) is 13.3. The fourth-order valence-corrected chi connectivity index (χ4v) is 3.18. The first kappa shape index (κ1) is 16.6. The number of aromatic nitrogens is 1. The molecule has 1 aliphatic heterocycles. The number of carbonyl (C=O) groups is 1. The van der Waals surface area contributed by atoms with Crippen LogP contribution in [-0.4, -0.2) is 49.0 Å². The summed E-state index contributed by atoms with van der Waals surface area (Å²) in [6.07, 6.45) is 0. The molecular formula is C15H14F2N2O4S. The van der Waals surface area contributed by atoms with Crippen molar-refractivity contribution in [3.05, 3.63) is 29.1 Å². The van der Waals surface area contributed by atoms with Crippen molar-refractivity contribution in [3.8, 4) is 17.0 Å². The number of halogens is 2. The smallest absolute Gasteiger partial charge is 0.341 e. The SMILES string of the molecule is O=C(O)COc1c(-c2csc(N3CCOCC3)n2)ccc(F)c1F. The summed E-state index contributed by atoms with van der Waals surface area (Å²) >= 11 is 1.37. The van der Waals surface area contributed by atoms with Gasteiger partial charge in [0.15, 0.2) is 23.3 Å². The van der Waals surface area contributed by atoms with Gasteiger partial charge in [-0.05, 0) is 12.1 Å². The summed E-state index contributed by atoms with van der Waals surface area (Å²) in [4.78, 5) is 17.1. The summed E-state index contributed by atoms with van der Waals surface area (Å²) in [6.45, 7) is 1.84. The Morgan fingerprint density at radius 1 is 1.38 bits per heavy atom. The number of nitrogens with zero attached hydrogens (tertiary/aromatic N) is 2. The zero-order valence-electron chi connectivity index (χ0n) is 12.5. The molecule has 3 rings (SSSR count). The summed E-state index contributed by atoms with van der Waals surface area (Å²) < 4.78 is 37.7. The van der Waals surface area contributed by atoms with E-state index in [0.717, 1.165) is 11.2 Å². The van der Waals surface area contributed by atoms with Crippen LogP contribution in [0.5, 0.6) is 5.75 Å². The van der Waals surface area contributed by atoms with Gasteiger partial charge < -0.3 is 19.5 Å². The van der Waals surface area contributed by atoms with Gasteiger partial charge in [-0.15, -0.1) is 11.3 Å². The molecule has 0 atom stereocenters. The Bertz CT molecular complexity index is 747. The van der Waals surface area contributed by atoms with Crippen molar-refractivity contribution in [2.45, 2.75) is 0 Å². The van der Waals surface area contributed by atoms with Crippen molar-refractivity contribution in [2.24, 2.45) is 0 Å². The van der Waals surface area contributed by atoms with Crippen molar-refractivity contribution in [1.29, 1.82) is 0 Å². The highest BCUT2D eigenvalue weighted by Gasteiger charge is 2.21. The summed E-state index contributed by atoms with van der Waals surface area (Å²) in [7, 11) is 0. The van der Waals surface area contributed by atoms with Crippen molar-refractivity contribution >= 4 is 22.4 Å². The normalized spacial score (nSPS) is 14.7. The Balaban J connectivity index is 1.92. The quantitative estimate of drug-likeness (QED) is 0.887. The van der Waals surface area contributed by atoms with E-state index >= 15 is 0 Å². The fourth-order valence-electron chi connectivity index (χ4n) is 2.30. The van der Waals surface area contributed by atoms with Crippen LogP contribution in [0.2, 0.25) is 0 Å². The maximum atomic E-state index is 14.0. The molecule has 0 bridgehead atoms. The van der Waals surface area contributed by atoms with Gasteiger partial charge in [-0.3, -0.25) is 0 Å². The molecule has 0 aliphatic carbocycles. The van der Waals surface area contributed by atoms with Gasteiger partial charge in [0.05, 0.1) is 18.9 Å². The average Bonchev–Trinajstić information content (AvgIpc) is 3.06. The van der Waals surface area contributed by atoms with E-state index in [1.54, 1.807) is 5.38 Å². The standard InChI is InChI=1S/C15H14F2N2O4S/c16-10-2-1-9(14(13(10)17)23-7-12(20)21)11-8-24-15(18-11)19-3-5-22-6-4-19/h1-2,8H,3-7H2,(H,20,21). The number of morpholine rings is 1. The number of carboxylic acids is 1. The lowest BCUT2D eigenvalue weighted by atomic mass is 10.1. The number of ether oxygens (including phenoxy) is 2. The number of hydrogen-bond donors (Lipinski definition) is 1. The monoisotopic (exact) mass is 356 g/mol. The van der Waals surface area contributed by atoms with Gasteiger partial charge in [-0.1, -0.05) is 0 Å². The van der Waals surface area contributed by atoms with Gasteiger partial charge in [0.1, 0.15) is 0 Å². The third-order valence-corrected chi connectivity index (χ3v) is 4.34. The second-order valence-electron chi connectivity index (χ2n) is 5.04. The number of hydrogen-bond acceptors (Lipinski definition) is 6.